The van der Waals surface area contributed by atoms with E-state index in [0.717, 1.165) is 54.6 Å². The number of carbonyl (C=O) groups is 1. The van der Waals surface area contributed by atoms with E-state index in [-0.39, 0.29) is 5.91 Å². The van der Waals surface area contributed by atoms with Gasteiger partial charge in [-0.25, -0.2) is 4.98 Å². The molecule has 1 aromatic heterocycles. The number of aryl methyl sites for hydroxylation is 1. The number of aromatic nitrogens is 1. The number of nitrogens with zero attached hydrogens (tertiary/aromatic N) is 2. The van der Waals surface area contributed by atoms with Crippen molar-refractivity contribution >= 4 is 22.8 Å². The van der Waals surface area contributed by atoms with Crippen molar-refractivity contribution in [1.29, 1.82) is 0 Å². The van der Waals surface area contributed by atoms with Gasteiger partial charge in [0.1, 0.15) is 21.4 Å². The molecule has 178 valence electrons. The summed E-state index contributed by atoms with van der Waals surface area (Å²) in [7, 11) is 3.27. The summed E-state index contributed by atoms with van der Waals surface area (Å²) in [4.78, 5) is 20.1. The maximum absolute atomic E-state index is 12.8. The molecule has 32 heavy (non-hydrogen) atoms. The summed E-state index contributed by atoms with van der Waals surface area (Å²) in [5, 5.41) is 4.01. The van der Waals surface area contributed by atoms with Crippen LogP contribution in [0.3, 0.4) is 0 Å². The molecule has 0 radical (unpaired) electrons. The van der Waals surface area contributed by atoms with Crippen LogP contribution in [0.5, 0.6) is 0 Å². The van der Waals surface area contributed by atoms with Gasteiger partial charge in [-0.05, 0) is 25.5 Å². The van der Waals surface area contributed by atoms with E-state index in [1.807, 2.05) is 43.9 Å². The molecule has 6 nitrogen and oxygen atoms in total. The molecule has 7 heteroatoms. The van der Waals surface area contributed by atoms with Gasteiger partial charge in [-0.1, -0.05) is 52.0 Å². The monoisotopic (exact) mass is 461 g/mol. The third-order valence-electron chi connectivity index (χ3n) is 5.50. The second-order valence-electron chi connectivity index (χ2n) is 7.60. The number of hydrogen-bond acceptors (Lipinski definition) is 6. The van der Waals surface area contributed by atoms with Crippen LogP contribution in [0.1, 0.15) is 72.7 Å². The number of rotatable bonds is 4. The molecular formula is C25H39N3O3S. The highest BCUT2D eigenvalue weighted by Gasteiger charge is 2.26. The van der Waals surface area contributed by atoms with Crippen LogP contribution in [0.15, 0.2) is 29.7 Å². The lowest BCUT2D eigenvalue weighted by molar-refractivity contribution is 0.0739. The molecule has 2 fully saturated rings. The highest BCUT2D eigenvalue weighted by Crippen LogP contribution is 2.35. The lowest BCUT2D eigenvalue weighted by Gasteiger charge is -2.27. The summed E-state index contributed by atoms with van der Waals surface area (Å²) in [5.74, 6) is 1.46. The van der Waals surface area contributed by atoms with E-state index >= 15 is 0 Å². The molecule has 0 atom stereocenters. The van der Waals surface area contributed by atoms with E-state index < -0.39 is 0 Å². The fraction of sp³-hybridized carbons (Fsp3) is 0.600. The van der Waals surface area contributed by atoms with Gasteiger partial charge in [-0.2, -0.15) is 0 Å². The van der Waals surface area contributed by atoms with Gasteiger partial charge in [0.15, 0.2) is 0 Å². The summed E-state index contributed by atoms with van der Waals surface area (Å²) >= 11 is 1.40. The van der Waals surface area contributed by atoms with Crippen molar-refractivity contribution in [2.75, 3.05) is 40.4 Å². The normalized spacial score (nSPS) is 18.0. The summed E-state index contributed by atoms with van der Waals surface area (Å²) in [6.45, 7) is 8.99. The van der Waals surface area contributed by atoms with Crippen LogP contribution in [0.2, 0.25) is 0 Å². The van der Waals surface area contributed by atoms with Gasteiger partial charge < -0.3 is 19.7 Å². The second-order valence-corrected chi connectivity index (χ2v) is 8.60. The van der Waals surface area contributed by atoms with Crippen LogP contribution in [0, 0.1) is 6.92 Å². The van der Waals surface area contributed by atoms with Gasteiger partial charge in [0.25, 0.3) is 5.91 Å². The van der Waals surface area contributed by atoms with Crippen molar-refractivity contribution in [3.63, 3.8) is 0 Å². The van der Waals surface area contributed by atoms with Crippen molar-refractivity contribution in [2.24, 2.45) is 0 Å². The van der Waals surface area contributed by atoms with Crippen LogP contribution < -0.4 is 5.32 Å². The van der Waals surface area contributed by atoms with Crippen LogP contribution in [-0.4, -0.2) is 56.2 Å². The Morgan fingerprint density at radius 3 is 2.25 bits per heavy atom. The van der Waals surface area contributed by atoms with Gasteiger partial charge in [0.2, 0.25) is 0 Å². The number of methoxy groups -OCH3 is 2. The molecule has 1 N–H and O–H groups in total. The third-order valence-corrected chi connectivity index (χ3v) is 6.66. The second kappa shape index (κ2) is 14.1. The number of carbonyl (C=O) groups excluding carboxylic acids is 1. The predicted molar refractivity (Wildman–Crippen MR) is 133 cm³/mol. The van der Waals surface area contributed by atoms with Gasteiger partial charge in [0, 0.05) is 26.2 Å². The molecule has 4 rings (SSSR count). The summed E-state index contributed by atoms with van der Waals surface area (Å²) < 4.78 is 11.1. The Morgan fingerprint density at radius 2 is 1.69 bits per heavy atom. The van der Waals surface area contributed by atoms with Gasteiger partial charge in [0.05, 0.1) is 25.5 Å². The van der Waals surface area contributed by atoms with E-state index in [1.54, 1.807) is 14.2 Å². The number of piperazine rings is 1. The van der Waals surface area contributed by atoms with Gasteiger partial charge in [-0.15, -0.1) is 11.3 Å². The zero-order valence-corrected chi connectivity index (χ0v) is 21.1. The SMILES string of the molecule is C1CCCC1.CC.COC1=CCC=CC(OC)=C1c1nc(C)c(C(=O)N2CCNCC2)s1. The zero-order chi connectivity index (χ0) is 23.3. The van der Waals surface area contributed by atoms with Crippen LogP contribution in [0.25, 0.3) is 5.57 Å². The van der Waals surface area contributed by atoms with E-state index in [2.05, 4.69) is 10.3 Å². The summed E-state index contributed by atoms with van der Waals surface area (Å²) in [6.07, 6.45) is 14.2. The average Bonchev–Trinajstić information content (AvgIpc) is 3.50. The highest BCUT2D eigenvalue weighted by atomic mass is 32.1. The standard InChI is InChI=1S/C18H23N3O3S.C5H10.C2H6/c1-12-16(18(22)21-10-8-19-9-11-21)25-17(20-12)15-13(23-2)6-4-5-7-14(15)24-3;1-2-4-5-3-1;1-2/h4,6-7,19H,5,8-11H2,1-3H3;1-5H2;1-2H3. The number of amides is 1. The first kappa shape index (κ1) is 26.1. The molecule has 2 aliphatic carbocycles. The fourth-order valence-electron chi connectivity index (χ4n) is 3.82. The van der Waals surface area contributed by atoms with Gasteiger partial charge in [-0.3, -0.25) is 4.79 Å². The molecule has 1 saturated carbocycles. The topological polar surface area (TPSA) is 63.7 Å². The first-order valence-corrected chi connectivity index (χ1v) is 12.6. The minimum Gasteiger partial charge on any atom is -0.496 e. The molecule has 0 spiro atoms. The first-order chi connectivity index (χ1) is 15.7. The fourth-order valence-corrected chi connectivity index (χ4v) is 4.91. The van der Waals surface area contributed by atoms with Gasteiger partial charge >= 0.3 is 0 Å². The Hall–Kier alpha value is -2.12. The van der Waals surface area contributed by atoms with Crippen LogP contribution in [0.4, 0.5) is 0 Å². The predicted octanol–water partition coefficient (Wildman–Crippen LogP) is 5.32. The maximum Gasteiger partial charge on any atom is 0.265 e. The van der Waals surface area contributed by atoms with Crippen LogP contribution in [-0.2, 0) is 9.47 Å². The highest BCUT2D eigenvalue weighted by molar-refractivity contribution is 7.15. The number of thiazole rings is 1. The van der Waals surface area contributed by atoms with E-state index in [4.69, 9.17) is 9.47 Å². The van der Waals surface area contributed by atoms with Crippen molar-refractivity contribution in [1.82, 2.24) is 15.2 Å². The molecule has 1 aromatic rings. The van der Waals surface area contributed by atoms with Crippen molar-refractivity contribution < 1.29 is 14.3 Å². The molecule has 1 saturated heterocycles. The van der Waals surface area contributed by atoms with Crippen LogP contribution >= 0.6 is 11.3 Å². The lowest BCUT2D eigenvalue weighted by atomic mass is 10.2. The Labute approximate surface area is 197 Å². The quantitative estimate of drug-likeness (QED) is 0.657. The first-order valence-electron chi connectivity index (χ1n) is 11.8. The molecule has 2 heterocycles. The summed E-state index contributed by atoms with van der Waals surface area (Å²) in [5.41, 5.74) is 1.54. The van der Waals surface area contributed by atoms with Crippen molar-refractivity contribution in [3.05, 3.63) is 45.3 Å². The largest absolute Gasteiger partial charge is 0.496 e. The van der Waals surface area contributed by atoms with Crippen molar-refractivity contribution in [3.8, 4) is 0 Å². The third kappa shape index (κ3) is 6.94. The molecule has 1 amide bonds. The molecule has 0 bridgehead atoms. The molecule has 1 aliphatic heterocycles. The number of allylic oxidation sites excluding steroid dienone is 4. The Balaban J connectivity index is 0.000000448. The van der Waals surface area contributed by atoms with E-state index in [9.17, 15) is 4.79 Å². The molecule has 0 unspecified atom stereocenters. The molecular weight excluding hydrogens is 422 g/mol. The molecule has 0 aromatic carbocycles. The van der Waals surface area contributed by atoms with Crippen molar-refractivity contribution in [2.45, 2.75) is 59.3 Å². The number of ether oxygens (including phenoxy) is 2. The Kier molecular flexibility index (Phi) is 11.5. The Bertz CT molecular complexity index is 809. The number of hydrogen-bond donors (Lipinski definition) is 1. The number of nitrogens with one attached hydrogen (secondary N) is 1. The smallest absolute Gasteiger partial charge is 0.265 e. The molecule has 3 aliphatic rings. The Morgan fingerprint density at radius 1 is 1.06 bits per heavy atom. The average molecular weight is 462 g/mol. The zero-order valence-electron chi connectivity index (χ0n) is 20.3. The minimum absolute atomic E-state index is 0.0504. The lowest BCUT2D eigenvalue weighted by Crippen LogP contribution is -2.46. The minimum atomic E-state index is 0.0504. The van der Waals surface area contributed by atoms with E-state index in [0.29, 0.717) is 10.6 Å². The van der Waals surface area contributed by atoms with E-state index in [1.165, 1.54) is 43.4 Å². The maximum atomic E-state index is 12.8. The summed E-state index contributed by atoms with van der Waals surface area (Å²) in [6, 6.07) is 0.